The number of benzene rings is 2. The van der Waals surface area contributed by atoms with Crippen molar-refractivity contribution in [3.8, 4) is 16.9 Å². The van der Waals surface area contributed by atoms with E-state index in [1.165, 1.54) is 0 Å². The lowest BCUT2D eigenvalue weighted by molar-refractivity contribution is -0.671. The van der Waals surface area contributed by atoms with Crippen LogP contribution < -0.4 is 15.0 Å². The molecule has 0 aliphatic heterocycles. The second-order valence-electron chi connectivity index (χ2n) is 9.76. The summed E-state index contributed by atoms with van der Waals surface area (Å²) in [7, 11) is 3.56. The van der Waals surface area contributed by atoms with Crippen LogP contribution in [-0.2, 0) is 13.6 Å². The Labute approximate surface area is 229 Å². The first-order valence-corrected chi connectivity index (χ1v) is 13.7. The van der Waals surface area contributed by atoms with Crippen LogP contribution in [0.4, 0.5) is 8.78 Å². The van der Waals surface area contributed by atoms with Crippen LogP contribution in [0.15, 0.2) is 54.9 Å². The summed E-state index contributed by atoms with van der Waals surface area (Å²) in [5.41, 5.74) is 9.01. The van der Waals surface area contributed by atoms with Crippen molar-refractivity contribution in [1.82, 2.24) is 4.90 Å². The quantitative estimate of drug-likeness (QED) is 0.286. The first-order chi connectivity index (χ1) is 18.3. The highest BCUT2D eigenvalue weighted by molar-refractivity contribution is 7.21. The van der Waals surface area contributed by atoms with Crippen LogP contribution in [0.2, 0.25) is 5.02 Å². The Hall–Kier alpha value is -3.07. The first kappa shape index (κ1) is 26.5. The molecular formula is C29H29ClF2N3O2S+. The number of carbonyl (C=O) groups is 1. The van der Waals surface area contributed by atoms with Crippen LogP contribution >= 0.6 is 22.9 Å². The number of aromatic nitrogens is 1. The van der Waals surface area contributed by atoms with E-state index in [9.17, 15) is 13.6 Å². The Bertz CT molecular complexity index is 1480. The molecule has 1 amide bonds. The predicted octanol–water partition coefficient (Wildman–Crippen LogP) is 6.25. The number of amides is 1. The van der Waals surface area contributed by atoms with E-state index in [4.69, 9.17) is 22.1 Å². The molecule has 2 aromatic carbocycles. The molecule has 9 heteroatoms. The number of nitrogens with two attached hydrogens (primary N) is 1. The molecule has 1 fully saturated rings. The van der Waals surface area contributed by atoms with Gasteiger partial charge in [0.15, 0.2) is 12.4 Å². The molecule has 5 nitrogen and oxygen atoms in total. The van der Waals surface area contributed by atoms with Gasteiger partial charge in [-0.1, -0.05) is 17.7 Å². The summed E-state index contributed by atoms with van der Waals surface area (Å²) >= 11 is 7.42. The van der Waals surface area contributed by atoms with Gasteiger partial charge in [0, 0.05) is 36.3 Å². The van der Waals surface area contributed by atoms with Gasteiger partial charge in [0.25, 0.3) is 5.91 Å². The largest absolute Gasteiger partial charge is 0.496 e. The molecule has 0 saturated heterocycles. The number of methoxy groups -OCH3 is 1. The SMILES string of the molecule is COc1ccc(-c2cc[n+](C)cc2)cc1CN(C(=O)c1sc2c(F)ccc(F)c2c1Cl)C1CCC(N)CC1. The van der Waals surface area contributed by atoms with Crippen molar-refractivity contribution in [3.05, 3.63) is 82.0 Å². The van der Waals surface area contributed by atoms with E-state index < -0.39 is 11.6 Å². The molecule has 0 unspecified atom stereocenters. The number of rotatable bonds is 6. The van der Waals surface area contributed by atoms with Gasteiger partial charge in [0.1, 0.15) is 29.3 Å². The Morgan fingerprint density at radius 2 is 1.76 bits per heavy atom. The molecule has 2 N–H and O–H groups in total. The fourth-order valence-corrected chi connectivity index (χ4v) is 6.61. The van der Waals surface area contributed by atoms with E-state index in [1.54, 1.807) is 12.0 Å². The van der Waals surface area contributed by atoms with Gasteiger partial charge in [-0.3, -0.25) is 4.79 Å². The van der Waals surface area contributed by atoms with Gasteiger partial charge in [-0.25, -0.2) is 13.3 Å². The van der Waals surface area contributed by atoms with Gasteiger partial charge >= 0.3 is 0 Å². The summed E-state index contributed by atoms with van der Waals surface area (Å²) < 4.78 is 36.8. The van der Waals surface area contributed by atoms with Gasteiger partial charge in [0.05, 0.1) is 22.2 Å². The smallest absolute Gasteiger partial charge is 0.266 e. The van der Waals surface area contributed by atoms with Gasteiger partial charge in [-0.05, 0) is 61.1 Å². The first-order valence-electron chi connectivity index (χ1n) is 12.5. The zero-order valence-electron chi connectivity index (χ0n) is 21.2. The van der Waals surface area contributed by atoms with Crippen molar-refractivity contribution in [2.24, 2.45) is 12.8 Å². The minimum absolute atomic E-state index is 0.0424. The molecule has 1 aliphatic rings. The highest BCUT2D eigenvalue weighted by Crippen LogP contribution is 2.40. The zero-order valence-corrected chi connectivity index (χ0v) is 22.8. The molecule has 0 atom stereocenters. The lowest BCUT2D eigenvalue weighted by Crippen LogP contribution is -2.43. The Kier molecular flexibility index (Phi) is 7.66. The summed E-state index contributed by atoms with van der Waals surface area (Å²) in [6.07, 6.45) is 6.99. The Balaban J connectivity index is 1.56. The molecule has 2 aromatic heterocycles. The third-order valence-electron chi connectivity index (χ3n) is 7.25. The van der Waals surface area contributed by atoms with E-state index in [0.29, 0.717) is 5.75 Å². The average Bonchev–Trinajstić information content (AvgIpc) is 3.28. The fraction of sp³-hybridized carbons (Fsp3) is 0.310. The number of hydrogen-bond donors (Lipinski definition) is 1. The van der Waals surface area contributed by atoms with Crippen LogP contribution in [-0.4, -0.2) is 30.0 Å². The Morgan fingerprint density at radius 3 is 2.42 bits per heavy atom. The average molecular weight is 557 g/mol. The highest BCUT2D eigenvalue weighted by Gasteiger charge is 2.32. The van der Waals surface area contributed by atoms with Crippen LogP contribution in [0.3, 0.4) is 0 Å². The number of fused-ring (bicyclic) bond motifs is 1. The van der Waals surface area contributed by atoms with E-state index in [-0.39, 0.29) is 44.5 Å². The van der Waals surface area contributed by atoms with E-state index in [2.05, 4.69) is 0 Å². The molecule has 0 spiro atoms. The molecular weight excluding hydrogens is 528 g/mol. The maximum absolute atomic E-state index is 14.6. The van der Waals surface area contributed by atoms with Crippen molar-refractivity contribution in [3.63, 3.8) is 0 Å². The van der Waals surface area contributed by atoms with E-state index in [0.717, 1.165) is 65.8 Å². The maximum Gasteiger partial charge on any atom is 0.266 e. The highest BCUT2D eigenvalue weighted by atomic mass is 35.5. The van der Waals surface area contributed by atoms with Crippen LogP contribution in [0.5, 0.6) is 5.75 Å². The second-order valence-corrected chi connectivity index (χ2v) is 11.2. The van der Waals surface area contributed by atoms with Gasteiger partial charge in [-0.15, -0.1) is 11.3 Å². The third kappa shape index (κ3) is 5.13. The van der Waals surface area contributed by atoms with Crippen LogP contribution in [0.25, 0.3) is 21.2 Å². The number of ether oxygens (including phenoxy) is 1. The van der Waals surface area contributed by atoms with Gasteiger partial charge < -0.3 is 15.4 Å². The number of hydrogen-bond acceptors (Lipinski definition) is 4. The topological polar surface area (TPSA) is 59.4 Å². The zero-order chi connectivity index (χ0) is 27.0. The molecule has 0 radical (unpaired) electrons. The van der Waals surface area contributed by atoms with Crippen molar-refractivity contribution in [1.29, 1.82) is 0 Å². The number of pyridine rings is 1. The third-order valence-corrected chi connectivity index (χ3v) is 8.93. The predicted molar refractivity (Wildman–Crippen MR) is 146 cm³/mol. The Morgan fingerprint density at radius 1 is 1.08 bits per heavy atom. The summed E-state index contributed by atoms with van der Waals surface area (Å²) in [6.45, 7) is 0.256. The second kappa shape index (κ2) is 11.0. The lowest BCUT2D eigenvalue weighted by Gasteiger charge is -2.36. The molecule has 38 heavy (non-hydrogen) atoms. The van der Waals surface area contributed by atoms with E-state index in [1.807, 2.05) is 54.3 Å². The van der Waals surface area contributed by atoms with Crippen molar-refractivity contribution < 1.29 is 22.9 Å². The van der Waals surface area contributed by atoms with Gasteiger partial charge in [-0.2, -0.15) is 0 Å². The number of aryl methyl sites for hydroxylation is 1. The molecule has 1 saturated carbocycles. The minimum Gasteiger partial charge on any atom is -0.496 e. The van der Waals surface area contributed by atoms with E-state index >= 15 is 0 Å². The number of halogens is 3. The lowest BCUT2D eigenvalue weighted by atomic mass is 9.90. The van der Waals surface area contributed by atoms with Crippen molar-refractivity contribution >= 4 is 38.9 Å². The number of nitrogens with zero attached hydrogens (tertiary/aromatic N) is 2. The van der Waals surface area contributed by atoms with Crippen LogP contribution in [0.1, 0.15) is 40.9 Å². The monoisotopic (exact) mass is 556 g/mol. The number of thiophene rings is 1. The van der Waals surface area contributed by atoms with Crippen molar-refractivity contribution in [2.45, 2.75) is 44.3 Å². The number of carbonyl (C=O) groups excluding carboxylic acids is 1. The van der Waals surface area contributed by atoms with Gasteiger partial charge in [0.2, 0.25) is 0 Å². The molecule has 198 valence electrons. The standard InChI is InChI=1S/C29H29ClF2N3O2S/c1-34-13-11-17(12-14-34)18-3-10-24(37-2)19(15-18)16-35(21-6-4-20(33)5-7-21)29(36)28-26(30)25-22(31)8-9-23(32)27(25)38-28/h3,8-15,20-21H,4-7,16,33H2,1-2H3/q+1. The molecule has 0 bridgehead atoms. The molecule has 4 aromatic rings. The summed E-state index contributed by atoms with van der Waals surface area (Å²) in [5, 5.41) is -0.107. The molecule has 1 aliphatic carbocycles. The summed E-state index contributed by atoms with van der Waals surface area (Å²) in [5.74, 6) is -0.953. The minimum atomic E-state index is -0.650. The molecule has 5 rings (SSSR count). The summed E-state index contributed by atoms with van der Waals surface area (Å²) in [4.78, 5) is 16.0. The summed E-state index contributed by atoms with van der Waals surface area (Å²) in [6, 6.07) is 12.0. The fourth-order valence-electron chi connectivity index (χ4n) is 5.10. The van der Waals surface area contributed by atoms with Crippen molar-refractivity contribution in [2.75, 3.05) is 7.11 Å². The maximum atomic E-state index is 14.6. The normalized spacial score (nSPS) is 17.5. The van der Waals surface area contributed by atoms with Crippen LogP contribution in [0, 0.1) is 11.6 Å². The molecule has 2 heterocycles.